The zero-order valence-electron chi connectivity index (χ0n) is 20.0. The van der Waals surface area contributed by atoms with Gasteiger partial charge in [-0.3, -0.25) is 9.80 Å². The summed E-state index contributed by atoms with van der Waals surface area (Å²) < 4.78 is 14.0. The molecule has 0 spiro atoms. The van der Waals surface area contributed by atoms with Gasteiger partial charge < -0.3 is 14.0 Å². The molecule has 0 amide bonds. The maximum Gasteiger partial charge on any atom is 0.0594 e. The average Bonchev–Trinajstić information content (AvgIpc) is 3.12. The molecule has 1 aromatic carbocycles. The molecule has 180 valence electrons. The Morgan fingerprint density at radius 1 is 0.788 bits per heavy atom. The molecule has 33 heavy (non-hydrogen) atoms. The maximum absolute atomic E-state index is 6.30. The van der Waals surface area contributed by atoms with E-state index >= 15 is 0 Å². The number of morpholine rings is 2. The minimum atomic E-state index is 0.589. The molecule has 5 nitrogen and oxygen atoms in total. The zero-order valence-corrected chi connectivity index (χ0v) is 20.8. The van der Waals surface area contributed by atoms with Crippen molar-refractivity contribution in [3.05, 3.63) is 46.1 Å². The van der Waals surface area contributed by atoms with Crippen LogP contribution in [0.1, 0.15) is 55.0 Å². The number of rotatable bonds is 6. The molecular weight excluding hydrogens is 434 g/mol. The number of nitrogens with zero attached hydrogens (tertiary/aromatic N) is 3. The molecular formula is C27H38ClN3O2. The van der Waals surface area contributed by atoms with Crippen molar-refractivity contribution < 1.29 is 9.47 Å². The van der Waals surface area contributed by atoms with Crippen LogP contribution in [0.5, 0.6) is 0 Å². The van der Waals surface area contributed by atoms with E-state index in [0.29, 0.717) is 6.04 Å². The number of hydrogen-bond donors (Lipinski definition) is 0. The van der Waals surface area contributed by atoms with E-state index < -0.39 is 0 Å². The molecule has 0 unspecified atom stereocenters. The molecule has 2 saturated heterocycles. The normalized spacial score (nSPS) is 21.5. The predicted octanol–water partition coefficient (Wildman–Crippen LogP) is 5.29. The molecule has 1 saturated carbocycles. The third-order valence-electron chi connectivity index (χ3n) is 7.72. The SMILES string of the molecule is Cc1c(CN2CCOCC2)c(CN2CCOCC2)c(-c2ccc(Cl)cc2)n1C1CCCCC1. The third kappa shape index (κ3) is 5.33. The Hall–Kier alpha value is -1.37. The molecule has 0 N–H and O–H groups in total. The Labute approximate surface area is 203 Å². The lowest BCUT2D eigenvalue weighted by molar-refractivity contribution is 0.0310. The molecule has 1 aromatic heterocycles. The second kappa shape index (κ2) is 10.9. The Bertz CT molecular complexity index is 908. The van der Waals surface area contributed by atoms with Crippen molar-refractivity contribution in [2.75, 3.05) is 52.6 Å². The lowest BCUT2D eigenvalue weighted by Gasteiger charge is -2.29. The monoisotopic (exact) mass is 471 g/mol. The summed E-state index contributed by atoms with van der Waals surface area (Å²) in [6.45, 7) is 11.7. The number of ether oxygens (including phenoxy) is 2. The highest BCUT2D eigenvalue weighted by molar-refractivity contribution is 6.30. The quantitative estimate of drug-likeness (QED) is 0.572. The fraction of sp³-hybridized carbons (Fsp3) is 0.630. The summed E-state index contributed by atoms with van der Waals surface area (Å²) in [4.78, 5) is 5.15. The van der Waals surface area contributed by atoms with E-state index in [-0.39, 0.29) is 0 Å². The van der Waals surface area contributed by atoms with Crippen LogP contribution < -0.4 is 0 Å². The topological polar surface area (TPSA) is 29.9 Å². The van der Waals surface area contributed by atoms with Crippen LogP contribution in [0.3, 0.4) is 0 Å². The van der Waals surface area contributed by atoms with E-state index in [1.807, 2.05) is 12.1 Å². The van der Waals surface area contributed by atoms with Crippen LogP contribution in [0.2, 0.25) is 5.02 Å². The van der Waals surface area contributed by atoms with Gasteiger partial charge in [0, 0.05) is 56.0 Å². The molecule has 0 radical (unpaired) electrons. The van der Waals surface area contributed by atoms with Gasteiger partial charge in [0.15, 0.2) is 0 Å². The van der Waals surface area contributed by atoms with Gasteiger partial charge in [0.25, 0.3) is 0 Å². The second-order valence-electron chi connectivity index (χ2n) is 9.84. The predicted molar refractivity (Wildman–Crippen MR) is 134 cm³/mol. The third-order valence-corrected chi connectivity index (χ3v) is 7.97. The number of benzene rings is 1. The zero-order chi connectivity index (χ0) is 22.6. The van der Waals surface area contributed by atoms with Crippen molar-refractivity contribution in [3.8, 4) is 11.3 Å². The summed E-state index contributed by atoms with van der Waals surface area (Å²) >= 11 is 6.30. The van der Waals surface area contributed by atoms with Crippen LogP contribution in [-0.4, -0.2) is 67.0 Å². The average molecular weight is 472 g/mol. The minimum Gasteiger partial charge on any atom is -0.379 e. The molecule has 3 aliphatic rings. The lowest BCUT2D eigenvalue weighted by Crippen LogP contribution is -2.37. The lowest BCUT2D eigenvalue weighted by atomic mass is 9.94. The van der Waals surface area contributed by atoms with Crippen LogP contribution in [-0.2, 0) is 22.6 Å². The first-order valence-electron chi connectivity index (χ1n) is 12.8. The molecule has 0 atom stereocenters. The van der Waals surface area contributed by atoms with Crippen molar-refractivity contribution >= 4 is 11.6 Å². The van der Waals surface area contributed by atoms with E-state index in [9.17, 15) is 0 Å². The Balaban J connectivity index is 1.61. The van der Waals surface area contributed by atoms with Gasteiger partial charge in [0.05, 0.1) is 32.1 Å². The molecule has 1 aliphatic carbocycles. The van der Waals surface area contributed by atoms with Gasteiger partial charge in [-0.15, -0.1) is 0 Å². The summed E-state index contributed by atoms with van der Waals surface area (Å²) in [6, 6.07) is 9.12. The fourth-order valence-corrected chi connectivity index (χ4v) is 6.01. The fourth-order valence-electron chi connectivity index (χ4n) is 5.88. The van der Waals surface area contributed by atoms with Gasteiger partial charge in [-0.05, 0) is 48.6 Å². The minimum absolute atomic E-state index is 0.589. The highest BCUT2D eigenvalue weighted by atomic mass is 35.5. The van der Waals surface area contributed by atoms with E-state index in [2.05, 4.69) is 33.4 Å². The molecule has 2 aliphatic heterocycles. The molecule has 2 aromatic rings. The van der Waals surface area contributed by atoms with Gasteiger partial charge >= 0.3 is 0 Å². The molecule has 3 fully saturated rings. The summed E-state index contributed by atoms with van der Waals surface area (Å²) in [7, 11) is 0. The standard InChI is InChI=1S/C27H38ClN3O2/c1-21-25(19-29-11-15-32-16-12-29)26(20-30-13-17-33-18-14-30)27(22-7-9-23(28)10-8-22)31(21)24-5-3-2-4-6-24/h7-10,24H,2-6,11-20H2,1H3. The maximum atomic E-state index is 6.30. The van der Waals surface area contributed by atoms with Crippen molar-refractivity contribution in [2.45, 2.75) is 58.2 Å². The van der Waals surface area contributed by atoms with Crippen LogP contribution in [0.15, 0.2) is 24.3 Å². The van der Waals surface area contributed by atoms with Gasteiger partial charge in [-0.2, -0.15) is 0 Å². The van der Waals surface area contributed by atoms with Crippen LogP contribution in [0.25, 0.3) is 11.3 Å². The van der Waals surface area contributed by atoms with Crippen molar-refractivity contribution in [3.63, 3.8) is 0 Å². The first kappa shape index (κ1) is 23.4. The van der Waals surface area contributed by atoms with Gasteiger partial charge in [-0.25, -0.2) is 0 Å². The van der Waals surface area contributed by atoms with Crippen LogP contribution in [0.4, 0.5) is 0 Å². The Morgan fingerprint density at radius 2 is 1.33 bits per heavy atom. The van der Waals surface area contributed by atoms with E-state index in [0.717, 1.165) is 70.7 Å². The van der Waals surface area contributed by atoms with Crippen molar-refractivity contribution in [1.82, 2.24) is 14.4 Å². The number of halogens is 1. The first-order valence-corrected chi connectivity index (χ1v) is 13.2. The Kier molecular flexibility index (Phi) is 7.73. The van der Waals surface area contributed by atoms with Crippen LogP contribution >= 0.6 is 11.6 Å². The van der Waals surface area contributed by atoms with Crippen molar-refractivity contribution in [1.29, 1.82) is 0 Å². The van der Waals surface area contributed by atoms with Gasteiger partial charge in [0.2, 0.25) is 0 Å². The summed E-state index contributed by atoms with van der Waals surface area (Å²) in [5.74, 6) is 0. The highest BCUT2D eigenvalue weighted by Gasteiger charge is 2.29. The van der Waals surface area contributed by atoms with Gasteiger partial charge in [-0.1, -0.05) is 43.0 Å². The molecule has 6 heteroatoms. The molecule has 5 rings (SSSR count). The number of aromatic nitrogens is 1. The van der Waals surface area contributed by atoms with Crippen LogP contribution in [0, 0.1) is 6.92 Å². The summed E-state index contributed by atoms with van der Waals surface area (Å²) in [5.41, 5.74) is 7.21. The first-order chi connectivity index (χ1) is 16.2. The second-order valence-corrected chi connectivity index (χ2v) is 10.3. The largest absolute Gasteiger partial charge is 0.379 e. The van der Waals surface area contributed by atoms with E-state index in [4.69, 9.17) is 21.1 Å². The molecule has 3 heterocycles. The number of hydrogen-bond acceptors (Lipinski definition) is 4. The highest BCUT2D eigenvalue weighted by Crippen LogP contribution is 2.40. The van der Waals surface area contributed by atoms with Crippen molar-refractivity contribution in [2.24, 2.45) is 0 Å². The smallest absolute Gasteiger partial charge is 0.0594 e. The van der Waals surface area contributed by atoms with E-state index in [1.165, 1.54) is 60.2 Å². The molecule has 0 bridgehead atoms. The summed E-state index contributed by atoms with van der Waals surface area (Å²) in [6.07, 6.45) is 6.60. The summed E-state index contributed by atoms with van der Waals surface area (Å²) in [5, 5.41) is 0.800. The van der Waals surface area contributed by atoms with Gasteiger partial charge in [0.1, 0.15) is 0 Å². The Morgan fingerprint density at radius 3 is 1.91 bits per heavy atom. The van der Waals surface area contributed by atoms with E-state index in [1.54, 1.807) is 0 Å².